The Kier molecular flexibility index (Phi) is 4.02. The molecule has 0 aliphatic carbocycles. The van der Waals surface area contributed by atoms with Gasteiger partial charge in [-0.05, 0) is 44.2 Å². The Labute approximate surface area is 116 Å². The predicted octanol–water partition coefficient (Wildman–Crippen LogP) is 3.31. The molecule has 1 heterocycles. The molecule has 4 nitrogen and oxygen atoms in total. The number of benzene rings is 1. The Morgan fingerprint density at radius 2 is 2.00 bits per heavy atom. The maximum absolute atomic E-state index is 11.7. The van der Waals surface area contributed by atoms with Gasteiger partial charge in [0.1, 0.15) is 11.5 Å². The first kappa shape index (κ1) is 13.4. The second-order valence-corrected chi connectivity index (χ2v) is 4.51. The Hall–Kier alpha value is -2.07. The molecule has 1 N–H and O–H groups in total. The number of nitrogens with one attached hydrogen (secondary N) is 1. The van der Waals surface area contributed by atoms with Crippen LogP contribution in [0.5, 0.6) is 0 Å². The molecule has 98 valence electrons. The summed E-state index contributed by atoms with van der Waals surface area (Å²) < 4.78 is 5.35. The molecular weight excluding hydrogens is 264 g/mol. The van der Waals surface area contributed by atoms with Crippen LogP contribution < -0.4 is 5.43 Å². The molecule has 1 aromatic carbocycles. The maximum Gasteiger partial charge on any atom is 0.271 e. The highest BCUT2D eigenvalue weighted by atomic mass is 35.5. The normalized spacial score (nSPS) is 10.9. The topological polar surface area (TPSA) is 54.6 Å². The largest absolute Gasteiger partial charge is 0.466 e. The summed E-state index contributed by atoms with van der Waals surface area (Å²) in [7, 11) is 0. The summed E-state index contributed by atoms with van der Waals surface area (Å²) in [4.78, 5) is 11.7. The van der Waals surface area contributed by atoms with E-state index in [1.807, 2.05) is 19.9 Å². The van der Waals surface area contributed by atoms with Crippen LogP contribution in [0.4, 0.5) is 0 Å². The van der Waals surface area contributed by atoms with Crippen molar-refractivity contribution < 1.29 is 9.21 Å². The summed E-state index contributed by atoms with van der Waals surface area (Å²) in [5, 5.41) is 4.48. The van der Waals surface area contributed by atoms with Crippen LogP contribution in [0.2, 0.25) is 5.02 Å². The SMILES string of the molecule is Cc1cc(/C=N/NC(=O)c2ccc(Cl)cc2)c(C)o1. The van der Waals surface area contributed by atoms with E-state index in [2.05, 4.69) is 10.5 Å². The monoisotopic (exact) mass is 276 g/mol. The molecule has 0 aliphatic rings. The fourth-order valence-corrected chi connectivity index (χ4v) is 1.73. The van der Waals surface area contributed by atoms with Crippen molar-refractivity contribution in [2.75, 3.05) is 0 Å². The van der Waals surface area contributed by atoms with E-state index in [4.69, 9.17) is 16.0 Å². The average Bonchev–Trinajstić information content (AvgIpc) is 2.68. The van der Waals surface area contributed by atoms with Crippen LogP contribution in [0.25, 0.3) is 0 Å². The molecule has 2 aromatic rings. The van der Waals surface area contributed by atoms with E-state index in [0.717, 1.165) is 17.1 Å². The second-order valence-electron chi connectivity index (χ2n) is 4.07. The van der Waals surface area contributed by atoms with Crippen molar-refractivity contribution in [1.82, 2.24) is 5.43 Å². The van der Waals surface area contributed by atoms with E-state index < -0.39 is 0 Å². The van der Waals surface area contributed by atoms with E-state index >= 15 is 0 Å². The zero-order valence-corrected chi connectivity index (χ0v) is 11.4. The minimum atomic E-state index is -0.286. The molecule has 19 heavy (non-hydrogen) atoms. The van der Waals surface area contributed by atoms with Gasteiger partial charge < -0.3 is 4.42 Å². The van der Waals surface area contributed by atoms with Gasteiger partial charge in [-0.3, -0.25) is 4.79 Å². The quantitative estimate of drug-likeness (QED) is 0.691. The van der Waals surface area contributed by atoms with Crippen molar-refractivity contribution in [2.24, 2.45) is 5.10 Å². The van der Waals surface area contributed by atoms with E-state index in [1.165, 1.54) is 0 Å². The average molecular weight is 277 g/mol. The van der Waals surface area contributed by atoms with Gasteiger partial charge in [-0.25, -0.2) is 5.43 Å². The summed E-state index contributed by atoms with van der Waals surface area (Å²) in [5.74, 6) is 1.29. The molecule has 0 saturated carbocycles. The van der Waals surface area contributed by atoms with Crippen LogP contribution in [0.1, 0.15) is 27.4 Å². The maximum atomic E-state index is 11.7. The summed E-state index contributed by atoms with van der Waals surface area (Å²) in [6.07, 6.45) is 1.56. The van der Waals surface area contributed by atoms with Gasteiger partial charge in [-0.15, -0.1) is 0 Å². The zero-order chi connectivity index (χ0) is 13.8. The van der Waals surface area contributed by atoms with Gasteiger partial charge in [0, 0.05) is 16.1 Å². The van der Waals surface area contributed by atoms with Crippen molar-refractivity contribution >= 4 is 23.7 Å². The van der Waals surface area contributed by atoms with Gasteiger partial charge in [0.2, 0.25) is 0 Å². The van der Waals surface area contributed by atoms with Crippen LogP contribution >= 0.6 is 11.6 Å². The number of hydrazone groups is 1. The molecule has 0 fully saturated rings. The molecule has 2 rings (SSSR count). The summed E-state index contributed by atoms with van der Waals surface area (Å²) in [6, 6.07) is 8.45. The Morgan fingerprint density at radius 1 is 1.32 bits per heavy atom. The van der Waals surface area contributed by atoms with Crippen LogP contribution in [0.3, 0.4) is 0 Å². The molecular formula is C14H13ClN2O2. The standard InChI is InChI=1S/C14H13ClN2O2/c1-9-7-12(10(2)19-9)8-16-17-14(18)11-3-5-13(15)6-4-11/h3-8H,1-2H3,(H,17,18)/b16-8+. The van der Waals surface area contributed by atoms with Crippen molar-refractivity contribution in [3.05, 3.63) is 58.0 Å². The van der Waals surface area contributed by atoms with Gasteiger partial charge in [0.05, 0.1) is 6.21 Å². The number of rotatable bonds is 3. The lowest BCUT2D eigenvalue weighted by Crippen LogP contribution is -2.17. The third kappa shape index (κ3) is 3.45. The number of carbonyl (C=O) groups excluding carboxylic acids is 1. The molecule has 5 heteroatoms. The van der Waals surface area contributed by atoms with Crippen molar-refractivity contribution in [1.29, 1.82) is 0 Å². The predicted molar refractivity (Wildman–Crippen MR) is 74.7 cm³/mol. The molecule has 0 radical (unpaired) electrons. The molecule has 1 aromatic heterocycles. The van der Waals surface area contributed by atoms with Gasteiger partial charge >= 0.3 is 0 Å². The molecule has 0 unspecified atom stereocenters. The second kappa shape index (κ2) is 5.71. The van der Waals surface area contributed by atoms with Crippen molar-refractivity contribution in [3.63, 3.8) is 0 Å². The first-order valence-electron chi connectivity index (χ1n) is 5.72. The highest BCUT2D eigenvalue weighted by molar-refractivity contribution is 6.30. The molecule has 0 aliphatic heterocycles. The van der Waals surface area contributed by atoms with E-state index in [1.54, 1.807) is 30.5 Å². The summed E-state index contributed by atoms with van der Waals surface area (Å²) in [6.45, 7) is 3.70. The van der Waals surface area contributed by atoms with Crippen LogP contribution in [-0.2, 0) is 0 Å². The van der Waals surface area contributed by atoms with E-state index in [0.29, 0.717) is 10.6 Å². The number of amides is 1. The zero-order valence-electron chi connectivity index (χ0n) is 10.6. The highest BCUT2D eigenvalue weighted by Gasteiger charge is 2.04. The Balaban J connectivity index is 2.00. The molecule has 0 saturated heterocycles. The van der Waals surface area contributed by atoms with Gasteiger partial charge in [-0.2, -0.15) is 5.10 Å². The Morgan fingerprint density at radius 3 is 2.58 bits per heavy atom. The number of furan rings is 1. The van der Waals surface area contributed by atoms with Crippen LogP contribution in [0.15, 0.2) is 39.9 Å². The number of nitrogens with zero attached hydrogens (tertiary/aromatic N) is 1. The van der Waals surface area contributed by atoms with Crippen molar-refractivity contribution in [2.45, 2.75) is 13.8 Å². The Bertz CT molecular complexity index is 615. The first-order chi connectivity index (χ1) is 9.06. The minimum absolute atomic E-state index is 0.286. The fraction of sp³-hybridized carbons (Fsp3) is 0.143. The van der Waals surface area contributed by atoms with Crippen LogP contribution in [0, 0.1) is 13.8 Å². The number of halogens is 1. The van der Waals surface area contributed by atoms with Crippen LogP contribution in [-0.4, -0.2) is 12.1 Å². The number of aryl methyl sites for hydroxylation is 2. The van der Waals surface area contributed by atoms with E-state index in [-0.39, 0.29) is 5.91 Å². The van der Waals surface area contributed by atoms with Gasteiger partial charge in [0.25, 0.3) is 5.91 Å². The number of hydrogen-bond donors (Lipinski definition) is 1. The lowest BCUT2D eigenvalue weighted by Gasteiger charge is -1.99. The summed E-state index contributed by atoms with van der Waals surface area (Å²) in [5.41, 5.74) is 3.79. The molecule has 1 amide bonds. The van der Waals surface area contributed by atoms with Crippen molar-refractivity contribution in [3.8, 4) is 0 Å². The molecule has 0 bridgehead atoms. The third-order valence-electron chi connectivity index (χ3n) is 2.56. The lowest BCUT2D eigenvalue weighted by molar-refractivity contribution is 0.0955. The molecule has 0 spiro atoms. The first-order valence-corrected chi connectivity index (χ1v) is 6.10. The highest BCUT2D eigenvalue weighted by Crippen LogP contribution is 2.11. The fourth-order valence-electron chi connectivity index (χ4n) is 1.60. The minimum Gasteiger partial charge on any atom is -0.466 e. The molecule has 0 atom stereocenters. The van der Waals surface area contributed by atoms with E-state index in [9.17, 15) is 4.79 Å². The van der Waals surface area contributed by atoms with Gasteiger partial charge in [-0.1, -0.05) is 11.6 Å². The number of hydrogen-bond acceptors (Lipinski definition) is 3. The van der Waals surface area contributed by atoms with Gasteiger partial charge in [0.15, 0.2) is 0 Å². The smallest absolute Gasteiger partial charge is 0.271 e. The summed E-state index contributed by atoms with van der Waals surface area (Å²) >= 11 is 5.75. The number of carbonyl (C=O) groups is 1. The third-order valence-corrected chi connectivity index (χ3v) is 2.81. The lowest BCUT2D eigenvalue weighted by atomic mass is 10.2.